The zero-order valence-electron chi connectivity index (χ0n) is 26.7. The standard InChI is InChI=1S/C34H41N5O5.ClH/c1-20(35-31(41)22(3)37-33(43)44-34(4,5)6)30(40)36-21(2)32(42)38-24-18-16-23(17-19-24)29-25-12-8-10-14-27(25)39(7)28-15-11-9-13-26(28)29;/h8-12,14-22H,13H2,1-7H3,(H,35,41)(H,36,40)(H,37,43)(H,38,42);1H/t20-,21-,22-;/m0./s1. The Balaban J connectivity index is 0.00000552. The molecular weight excluding hydrogens is 594 g/mol. The molecule has 0 fully saturated rings. The second-order valence-electron chi connectivity index (χ2n) is 12.0. The quantitative estimate of drug-likeness (QED) is 0.321. The zero-order chi connectivity index (χ0) is 32.2. The van der Waals surface area contributed by atoms with Gasteiger partial charge in [-0.1, -0.05) is 42.5 Å². The highest BCUT2D eigenvalue weighted by molar-refractivity contribution is 5.99. The number of carbonyl (C=O) groups excluding carboxylic acids is 4. The maximum Gasteiger partial charge on any atom is 0.408 e. The van der Waals surface area contributed by atoms with E-state index in [0.29, 0.717) is 5.69 Å². The molecule has 4 rings (SSSR count). The van der Waals surface area contributed by atoms with Crippen LogP contribution in [0.2, 0.25) is 0 Å². The van der Waals surface area contributed by atoms with E-state index in [9.17, 15) is 19.2 Å². The number of nitrogens with one attached hydrogen (secondary N) is 4. The summed E-state index contributed by atoms with van der Waals surface area (Å²) in [5, 5.41) is 10.4. The van der Waals surface area contributed by atoms with Crippen LogP contribution in [0.1, 0.15) is 59.1 Å². The Kier molecular flexibility index (Phi) is 11.2. The van der Waals surface area contributed by atoms with Crippen molar-refractivity contribution in [3.8, 4) is 0 Å². The molecule has 4 amide bonds. The average Bonchev–Trinajstić information content (AvgIpc) is 2.97. The van der Waals surface area contributed by atoms with E-state index in [0.717, 1.165) is 23.2 Å². The number of anilines is 2. The van der Waals surface area contributed by atoms with Crippen molar-refractivity contribution in [2.75, 3.05) is 17.3 Å². The molecule has 0 saturated carbocycles. The summed E-state index contributed by atoms with van der Waals surface area (Å²) in [5.74, 6) is -1.51. The molecule has 2 aromatic rings. The minimum absolute atomic E-state index is 0. The predicted molar refractivity (Wildman–Crippen MR) is 179 cm³/mol. The summed E-state index contributed by atoms with van der Waals surface area (Å²) in [6.07, 6.45) is 6.45. The van der Waals surface area contributed by atoms with Crippen LogP contribution in [-0.4, -0.2) is 54.6 Å². The SMILES string of the molecule is C[C@H](NC(=O)OC(C)(C)C)C(=O)N[C@@H](C)C(=O)N[C@@H](C)C(=O)Nc1ccc(C2=C3CC=CC=C3N(C)c3ccccc32)cc1.Cl. The predicted octanol–water partition coefficient (Wildman–Crippen LogP) is 5.07. The van der Waals surface area contributed by atoms with Gasteiger partial charge in [0, 0.05) is 29.7 Å². The van der Waals surface area contributed by atoms with Gasteiger partial charge in [0.15, 0.2) is 0 Å². The van der Waals surface area contributed by atoms with Gasteiger partial charge in [-0.15, -0.1) is 12.4 Å². The summed E-state index contributed by atoms with van der Waals surface area (Å²) < 4.78 is 5.15. The van der Waals surface area contributed by atoms with E-state index in [2.05, 4.69) is 63.6 Å². The van der Waals surface area contributed by atoms with Gasteiger partial charge in [0.1, 0.15) is 23.7 Å². The molecule has 0 saturated heterocycles. The molecule has 1 aliphatic carbocycles. The van der Waals surface area contributed by atoms with Crippen LogP contribution in [-0.2, 0) is 19.1 Å². The Morgan fingerprint density at radius 1 is 0.822 bits per heavy atom. The number of nitrogens with zero attached hydrogens (tertiary/aromatic N) is 1. The number of rotatable bonds is 8. The van der Waals surface area contributed by atoms with Gasteiger partial charge in [-0.2, -0.15) is 0 Å². The van der Waals surface area contributed by atoms with Crippen molar-refractivity contribution in [2.45, 2.75) is 71.7 Å². The van der Waals surface area contributed by atoms with Crippen LogP contribution < -0.4 is 26.2 Å². The number of likely N-dealkylation sites (N-methyl/N-ethyl adjacent to an activating group) is 1. The number of hydrogen-bond donors (Lipinski definition) is 4. The maximum atomic E-state index is 12.9. The number of para-hydroxylation sites is 1. The Labute approximate surface area is 270 Å². The number of ether oxygens (including phenoxy) is 1. The molecule has 11 heteroatoms. The Morgan fingerprint density at radius 2 is 1.40 bits per heavy atom. The molecule has 0 bridgehead atoms. The van der Waals surface area contributed by atoms with Crippen LogP contribution in [0.25, 0.3) is 5.57 Å². The molecule has 4 N–H and O–H groups in total. The van der Waals surface area contributed by atoms with Gasteiger partial charge in [-0.3, -0.25) is 14.4 Å². The summed E-state index contributed by atoms with van der Waals surface area (Å²) in [6.45, 7) is 9.68. The van der Waals surface area contributed by atoms with E-state index in [-0.39, 0.29) is 12.4 Å². The van der Waals surface area contributed by atoms with E-state index >= 15 is 0 Å². The molecule has 0 unspecified atom stereocenters. The van der Waals surface area contributed by atoms with Gasteiger partial charge in [-0.05, 0) is 88.9 Å². The third-order valence-electron chi connectivity index (χ3n) is 7.29. The van der Waals surface area contributed by atoms with Crippen molar-refractivity contribution in [3.05, 3.63) is 89.2 Å². The van der Waals surface area contributed by atoms with E-state index in [1.165, 1.54) is 30.7 Å². The van der Waals surface area contributed by atoms with Gasteiger partial charge in [-0.25, -0.2) is 4.79 Å². The van der Waals surface area contributed by atoms with Gasteiger partial charge in [0.2, 0.25) is 17.7 Å². The number of benzene rings is 2. The van der Waals surface area contributed by atoms with Crippen molar-refractivity contribution in [1.82, 2.24) is 16.0 Å². The molecule has 0 radical (unpaired) electrons. The Hall–Kier alpha value is -4.57. The first-order valence-corrected chi connectivity index (χ1v) is 14.7. The van der Waals surface area contributed by atoms with Crippen LogP contribution in [0.4, 0.5) is 16.2 Å². The first kappa shape index (κ1) is 34.9. The lowest BCUT2D eigenvalue weighted by Gasteiger charge is -2.35. The minimum atomic E-state index is -0.944. The monoisotopic (exact) mass is 635 g/mol. The summed E-state index contributed by atoms with van der Waals surface area (Å²) in [7, 11) is 2.08. The lowest BCUT2D eigenvalue weighted by atomic mass is 9.84. The minimum Gasteiger partial charge on any atom is -0.444 e. The number of amides is 4. The van der Waals surface area contributed by atoms with Crippen LogP contribution in [0.5, 0.6) is 0 Å². The number of allylic oxidation sites excluding steroid dienone is 4. The molecule has 0 aromatic heterocycles. The second kappa shape index (κ2) is 14.5. The first-order chi connectivity index (χ1) is 20.7. The Morgan fingerprint density at radius 3 is 2.02 bits per heavy atom. The van der Waals surface area contributed by atoms with E-state index in [4.69, 9.17) is 4.74 Å². The first-order valence-electron chi connectivity index (χ1n) is 14.7. The van der Waals surface area contributed by atoms with Crippen LogP contribution in [0.15, 0.2) is 78.0 Å². The van der Waals surface area contributed by atoms with Crippen LogP contribution in [0.3, 0.4) is 0 Å². The Bertz CT molecular complexity index is 1540. The highest BCUT2D eigenvalue weighted by atomic mass is 35.5. The van der Waals surface area contributed by atoms with Gasteiger partial charge < -0.3 is 30.9 Å². The molecule has 0 spiro atoms. The fourth-order valence-electron chi connectivity index (χ4n) is 5.02. The zero-order valence-corrected chi connectivity index (χ0v) is 27.5. The summed E-state index contributed by atoms with van der Waals surface area (Å²) >= 11 is 0. The van der Waals surface area contributed by atoms with Crippen LogP contribution >= 0.6 is 12.4 Å². The molecule has 1 heterocycles. The average molecular weight is 636 g/mol. The molecule has 2 aliphatic rings. The second-order valence-corrected chi connectivity index (χ2v) is 12.0. The largest absolute Gasteiger partial charge is 0.444 e. The highest BCUT2D eigenvalue weighted by Crippen LogP contribution is 2.44. The highest BCUT2D eigenvalue weighted by Gasteiger charge is 2.28. The summed E-state index contributed by atoms with van der Waals surface area (Å²) in [4.78, 5) is 52.2. The van der Waals surface area contributed by atoms with Crippen molar-refractivity contribution < 1.29 is 23.9 Å². The van der Waals surface area contributed by atoms with Crippen molar-refractivity contribution in [3.63, 3.8) is 0 Å². The summed E-state index contributed by atoms with van der Waals surface area (Å²) in [6, 6.07) is 13.3. The number of carbonyl (C=O) groups is 4. The lowest BCUT2D eigenvalue weighted by Crippen LogP contribution is -2.54. The molecule has 3 atom stereocenters. The smallest absolute Gasteiger partial charge is 0.408 e. The molecule has 45 heavy (non-hydrogen) atoms. The van der Waals surface area contributed by atoms with Crippen molar-refractivity contribution >= 4 is 53.2 Å². The number of hydrogen-bond acceptors (Lipinski definition) is 6. The normalized spacial score (nSPS) is 15.6. The fraction of sp³-hybridized carbons (Fsp3) is 0.353. The molecule has 240 valence electrons. The van der Waals surface area contributed by atoms with E-state index in [1.807, 2.05) is 36.4 Å². The lowest BCUT2D eigenvalue weighted by molar-refractivity contribution is -0.131. The topological polar surface area (TPSA) is 129 Å². The van der Waals surface area contributed by atoms with Gasteiger partial charge in [0.05, 0.1) is 0 Å². The molecular formula is C34H42ClN5O5. The number of alkyl carbamates (subject to hydrolysis) is 1. The van der Waals surface area contributed by atoms with Crippen molar-refractivity contribution in [1.29, 1.82) is 0 Å². The van der Waals surface area contributed by atoms with Gasteiger partial charge >= 0.3 is 6.09 Å². The van der Waals surface area contributed by atoms with E-state index in [1.54, 1.807) is 27.7 Å². The molecule has 10 nitrogen and oxygen atoms in total. The van der Waals surface area contributed by atoms with E-state index < -0.39 is 47.5 Å². The third kappa shape index (κ3) is 8.54. The number of fused-ring (bicyclic) bond motifs is 2. The fourth-order valence-corrected chi connectivity index (χ4v) is 5.02. The maximum absolute atomic E-state index is 12.9. The summed E-state index contributed by atoms with van der Waals surface area (Å²) in [5.41, 5.74) is 6.79. The van der Waals surface area contributed by atoms with Crippen LogP contribution in [0, 0.1) is 0 Å². The van der Waals surface area contributed by atoms with Crippen molar-refractivity contribution in [2.24, 2.45) is 0 Å². The number of halogens is 1. The molecule has 2 aromatic carbocycles. The molecule has 1 aliphatic heterocycles. The third-order valence-corrected chi connectivity index (χ3v) is 7.29. The van der Waals surface area contributed by atoms with Gasteiger partial charge in [0.25, 0.3) is 0 Å².